The lowest BCUT2D eigenvalue weighted by atomic mass is 9.91. The second-order valence-corrected chi connectivity index (χ2v) is 19.3. The number of ether oxygens (including phenoxy) is 5. The van der Waals surface area contributed by atoms with Gasteiger partial charge in [-0.05, 0) is 63.3 Å². The van der Waals surface area contributed by atoms with E-state index in [1.807, 2.05) is 47.0 Å². The predicted octanol–water partition coefficient (Wildman–Crippen LogP) is 8.29. The van der Waals surface area contributed by atoms with E-state index >= 15 is 0 Å². The van der Waals surface area contributed by atoms with Gasteiger partial charge in [0.05, 0.1) is 27.0 Å². The molecule has 0 bridgehead atoms. The van der Waals surface area contributed by atoms with Crippen LogP contribution in [0.2, 0.25) is 5.04 Å². The van der Waals surface area contributed by atoms with E-state index in [0.717, 1.165) is 38.3 Å². The van der Waals surface area contributed by atoms with Gasteiger partial charge in [-0.15, -0.1) is 0 Å². The van der Waals surface area contributed by atoms with Gasteiger partial charge in [0.25, 0.3) is 0 Å². The summed E-state index contributed by atoms with van der Waals surface area (Å²) >= 11 is 0. The third kappa shape index (κ3) is 6.18. The normalized spacial score (nSPS) is 12.6. The second kappa shape index (κ2) is 14.7. The number of aryl methyl sites for hydroxylation is 2. The van der Waals surface area contributed by atoms with Crippen LogP contribution in [0.3, 0.4) is 0 Å². The summed E-state index contributed by atoms with van der Waals surface area (Å²) in [5.41, 5.74) is 4.32. The highest BCUT2D eigenvalue weighted by Crippen LogP contribution is 2.50. The van der Waals surface area contributed by atoms with Gasteiger partial charge in [0.1, 0.15) is 16.8 Å². The van der Waals surface area contributed by atoms with Crippen molar-refractivity contribution in [3.63, 3.8) is 0 Å². The largest absolute Gasteiger partial charge is 0.531 e. The van der Waals surface area contributed by atoms with E-state index in [1.54, 1.807) is 26.4 Å². The van der Waals surface area contributed by atoms with Crippen molar-refractivity contribution < 1.29 is 37.6 Å². The number of rotatable bonds is 11. The van der Waals surface area contributed by atoms with Crippen LogP contribution in [0.15, 0.2) is 112 Å². The Morgan fingerprint density at radius 2 is 1.40 bits per heavy atom. The van der Waals surface area contributed by atoms with Gasteiger partial charge in [-0.3, -0.25) is 0 Å². The number of hydrogen-bond acceptors (Lipinski definition) is 9. The molecule has 0 radical (unpaired) electrons. The highest BCUT2D eigenvalue weighted by molar-refractivity contribution is 7.00. The number of methoxy groups -OCH3 is 4. The molecule has 1 aliphatic heterocycles. The van der Waals surface area contributed by atoms with Crippen molar-refractivity contribution in [1.29, 1.82) is 0 Å². The van der Waals surface area contributed by atoms with E-state index in [4.69, 9.17) is 32.5 Å². The Balaban J connectivity index is 1.42. The molecule has 0 fully saturated rings. The smallest absolute Gasteiger partial charge is 0.361 e. The Morgan fingerprint density at radius 3 is 2.02 bits per heavy atom. The van der Waals surface area contributed by atoms with Crippen molar-refractivity contribution >= 4 is 40.6 Å². The summed E-state index contributed by atoms with van der Waals surface area (Å²) in [5.74, 6) is 2.33. The zero-order valence-corrected chi connectivity index (χ0v) is 34.1. The van der Waals surface area contributed by atoms with Crippen molar-refractivity contribution in [2.24, 2.45) is 0 Å². The lowest BCUT2D eigenvalue weighted by molar-refractivity contribution is 0.0492. The Kier molecular flexibility index (Phi) is 9.75. The average Bonchev–Trinajstić information content (AvgIpc) is 3.58. The van der Waals surface area contributed by atoms with E-state index in [0.29, 0.717) is 63.6 Å². The Bertz CT molecular complexity index is 2640. The van der Waals surface area contributed by atoms with Gasteiger partial charge in [-0.1, -0.05) is 87.5 Å². The summed E-state index contributed by atoms with van der Waals surface area (Å²) in [6.45, 7) is 7.16. The van der Waals surface area contributed by atoms with Gasteiger partial charge in [0.2, 0.25) is 0 Å². The molecule has 11 heteroatoms. The third-order valence-electron chi connectivity index (χ3n) is 10.9. The van der Waals surface area contributed by atoms with Crippen molar-refractivity contribution in [3.05, 3.63) is 119 Å². The predicted molar refractivity (Wildman–Crippen MR) is 225 cm³/mol. The minimum absolute atomic E-state index is 0.0201. The van der Waals surface area contributed by atoms with Crippen LogP contribution in [-0.2, 0) is 17.7 Å². The number of hydrogen-bond donors (Lipinski definition) is 1. The Morgan fingerprint density at radius 1 is 0.754 bits per heavy atom. The maximum Gasteiger partial charge on any atom is 0.361 e. The lowest BCUT2D eigenvalue weighted by Crippen LogP contribution is -2.68. The maximum atomic E-state index is 14.2. The van der Waals surface area contributed by atoms with Crippen LogP contribution in [0.5, 0.6) is 34.5 Å². The molecule has 0 spiro atoms. The van der Waals surface area contributed by atoms with Crippen molar-refractivity contribution in [1.82, 2.24) is 4.57 Å². The number of phenolic OH excluding ortho intramolecular Hbond substituents is 1. The fourth-order valence-corrected chi connectivity index (χ4v) is 12.8. The maximum absolute atomic E-state index is 14.2. The summed E-state index contributed by atoms with van der Waals surface area (Å²) in [5, 5.41) is 14.1. The second-order valence-electron chi connectivity index (χ2n) is 15.1. The molecule has 0 saturated carbocycles. The molecule has 2 aromatic heterocycles. The molecule has 1 aliphatic rings. The molecule has 5 aromatic carbocycles. The van der Waals surface area contributed by atoms with Crippen LogP contribution in [0.25, 0.3) is 44.3 Å². The van der Waals surface area contributed by atoms with Gasteiger partial charge >= 0.3 is 13.9 Å². The quantitative estimate of drug-likeness (QED) is 0.0788. The first kappa shape index (κ1) is 37.7. The van der Waals surface area contributed by atoms with Crippen LogP contribution < -0.4 is 39.4 Å². The van der Waals surface area contributed by atoms with Crippen molar-refractivity contribution in [2.75, 3.05) is 35.2 Å². The van der Waals surface area contributed by atoms with Gasteiger partial charge in [-0.25, -0.2) is 4.79 Å². The van der Waals surface area contributed by atoms with E-state index in [1.165, 1.54) is 14.2 Å². The molecule has 8 rings (SSSR count). The molecule has 1 N–H and O–H groups in total. The number of fused-ring (bicyclic) bond motifs is 7. The minimum Gasteiger partial charge on any atom is -0.531 e. The first-order chi connectivity index (χ1) is 27.5. The molecule has 0 amide bonds. The zero-order valence-electron chi connectivity index (χ0n) is 33.1. The van der Waals surface area contributed by atoms with Gasteiger partial charge in [-0.2, -0.15) is 0 Å². The number of phenols is 1. The van der Waals surface area contributed by atoms with Crippen LogP contribution >= 0.6 is 0 Å². The molecule has 292 valence electrons. The molecule has 57 heavy (non-hydrogen) atoms. The number of benzene rings is 5. The first-order valence-electron chi connectivity index (χ1n) is 18.8. The molecule has 10 nitrogen and oxygen atoms in total. The van der Waals surface area contributed by atoms with Crippen LogP contribution in [0.4, 0.5) is 0 Å². The van der Waals surface area contributed by atoms with Gasteiger partial charge < -0.3 is 42.2 Å². The van der Waals surface area contributed by atoms with Gasteiger partial charge in [0.15, 0.2) is 35.5 Å². The summed E-state index contributed by atoms with van der Waals surface area (Å²) in [6.07, 6.45) is 0.572. The average molecular weight is 784 g/mol. The molecule has 0 saturated heterocycles. The zero-order chi connectivity index (χ0) is 40.1. The van der Waals surface area contributed by atoms with E-state index < -0.39 is 13.9 Å². The summed E-state index contributed by atoms with van der Waals surface area (Å²) in [6, 6.07) is 33.9. The molecular formula is C46H45NO9Si. The number of aromatic nitrogens is 1. The summed E-state index contributed by atoms with van der Waals surface area (Å²) < 4.78 is 44.1. The molecule has 0 aliphatic carbocycles. The van der Waals surface area contributed by atoms with Gasteiger partial charge in [0, 0.05) is 41.6 Å². The van der Waals surface area contributed by atoms with Crippen molar-refractivity contribution in [3.8, 4) is 56.9 Å². The molecule has 3 heterocycles. The molecule has 7 aromatic rings. The fraction of sp³-hybridized carbons (Fsp3) is 0.239. The SMILES string of the molecule is COCOc1cc2oc(=O)c3c(c(-c4ccc(O[Si](c5ccccc5)(c5ccccc5)C(C)(C)C)c(OC)c4)c4n3CCc3cc(O)c(OC)cc3-4)c2cc1OC. The third-order valence-corrected chi connectivity index (χ3v) is 15.9. The summed E-state index contributed by atoms with van der Waals surface area (Å²) in [4.78, 5) is 14.2. The molecule has 0 atom stereocenters. The monoisotopic (exact) mass is 783 g/mol. The van der Waals surface area contributed by atoms with Crippen LogP contribution in [0, 0.1) is 0 Å². The van der Waals surface area contributed by atoms with Crippen LogP contribution in [-0.4, -0.2) is 53.2 Å². The van der Waals surface area contributed by atoms with E-state index in [2.05, 4.69) is 69.3 Å². The summed E-state index contributed by atoms with van der Waals surface area (Å²) in [7, 11) is 3.22. The highest BCUT2D eigenvalue weighted by atomic mass is 28.4. The molecular weight excluding hydrogens is 739 g/mol. The Hall–Kier alpha value is -6.17. The minimum atomic E-state index is -3.03. The fourth-order valence-electron chi connectivity index (χ4n) is 8.40. The van der Waals surface area contributed by atoms with E-state index in [-0.39, 0.29) is 17.6 Å². The van der Waals surface area contributed by atoms with Crippen molar-refractivity contribution in [2.45, 2.75) is 38.8 Å². The highest BCUT2D eigenvalue weighted by Gasteiger charge is 2.52. The number of aromatic hydroxyl groups is 1. The number of nitrogens with zero attached hydrogens (tertiary/aromatic N) is 1. The molecule has 0 unspecified atom stereocenters. The van der Waals surface area contributed by atoms with E-state index in [9.17, 15) is 9.90 Å². The standard InChI is InChI=1S/C46H45NO9Si/c1-46(2,3)57(30-14-10-8-11-15-30,31-16-12-9-13-17-31)56-35-19-18-29(23-38(35)52-6)41-42-33-25-39(53-7)40(54-27-50-4)26-36(33)55-45(49)44(42)47-21-20-28-22-34(48)37(51-5)24-32(28)43(41)47/h8-19,22-26,48H,20-21,27H2,1-7H3. The van der Waals surface area contributed by atoms with Crippen LogP contribution in [0.1, 0.15) is 26.3 Å². The Labute approximate surface area is 331 Å². The lowest BCUT2D eigenvalue weighted by Gasteiger charge is -2.43. The first-order valence-corrected chi connectivity index (χ1v) is 20.7. The topological polar surface area (TPSA) is 111 Å².